The SMILES string of the molecule is COc1ccc(-c2ccc(N3CCCC(C(=O)Nc4ccc(OC(F)(F)F)cc4)C3)nn2)cc1. The van der Waals surface area contributed by atoms with Crippen molar-refractivity contribution in [1.82, 2.24) is 10.2 Å². The number of hydrogen-bond acceptors (Lipinski definition) is 6. The van der Waals surface area contributed by atoms with E-state index < -0.39 is 6.36 Å². The molecule has 7 nitrogen and oxygen atoms in total. The molecule has 1 aromatic heterocycles. The number of piperidine rings is 1. The van der Waals surface area contributed by atoms with Gasteiger partial charge in [0, 0.05) is 24.3 Å². The summed E-state index contributed by atoms with van der Waals surface area (Å²) in [4.78, 5) is 14.8. The lowest BCUT2D eigenvalue weighted by atomic mass is 9.97. The van der Waals surface area contributed by atoms with Crippen LogP contribution in [0.15, 0.2) is 60.7 Å². The third-order valence-electron chi connectivity index (χ3n) is 5.51. The van der Waals surface area contributed by atoms with Crippen molar-refractivity contribution in [2.75, 3.05) is 30.4 Å². The van der Waals surface area contributed by atoms with Crippen LogP contribution in [0.25, 0.3) is 11.3 Å². The first kappa shape index (κ1) is 23.3. The van der Waals surface area contributed by atoms with Gasteiger partial charge in [-0.05, 0) is 73.5 Å². The number of amides is 1. The first-order valence-electron chi connectivity index (χ1n) is 10.7. The molecule has 1 fully saturated rings. The number of nitrogens with zero attached hydrogens (tertiary/aromatic N) is 3. The van der Waals surface area contributed by atoms with Crippen LogP contribution < -0.4 is 19.7 Å². The highest BCUT2D eigenvalue weighted by atomic mass is 19.4. The molecule has 1 saturated heterocycles. The fourth-order valence-corrected chi connectivity index (χ4v) is 3.79. The Kier molecular flexibility index (Phi) is 6.85. The van der Waals surface area contributed by atoms with E-state index in [0.29, 0.717) is 24.5 Å². The van der Waals surface area contributed by atoms with Gasteiger partial charge in [-0.3, -0.25) is 4.79 Å². The molecule has 0 aliphatic carbocycles. The van der Waals surface area contributed by atoms with Crippen molar-refractivity contribution in [3.8, 4) is 22.8 Å². The normalized spacial score (nSPS) is 16.1. The number of carbonyl (C=O) groups excluding carboxylic acids is 1. The van der Waals surface area contributed by atoms with Crippen molar-refractivity contribution >= 4 is 17.4 Å². The van der Waals surface area contributed by atoms with Crippen molar-refractivity contribution < 1.29 is 27.4 Å². The number of rotatable bonds is 6. The first-order valence-corrected chi connectivity index (χ1v) is 10.7. The van der Waals surface area contributed by atoms with Crippen molar-refractivity contribution in [3.63, 3.8) is 0 Å². The zero-order chi connectivity index (χ0) is 24.1. The molecule has 1 aliphatic heterocycles. The average molecular weight is 472 g/mol. The summed E-state index contributed by atoms with van der Waals surface area (Å²) >= 11 is 0. The highest BCUT2D eigenvalue weighted by molar-refractivity contribution is 5.93. The molecule has 2 heterocycles. The summed E-state index contributed by atoms with van der Waals surface area (Å²) in [7, 11) is 1.61. The fraction of sp³-hybridized carbons (Fsp3) is 0.292. The van der Waals surface area contributed by atoms with Crippen LogP contribution in [0.1, 0.15) is 12.8 Å². The highest BCUT2D eigenvalue weighted by Crippen LogP contribution is 2.27. The number of benzene rings is 2. The molecule has 0 radical (unpaired) electrons. The Morgan fingerprint density at radius 1 is 1.00 bits per heavy atom. The zero-order valence-electron chi connectivity index (χ0n) is 18.4. The summed E-state index contributed by atoms with van der Waals surface area (Å²) < 4.78 is 45.9. The van der Waals surface area contributed by atoms with Crippen molar-refractivity contribution in [1.29, 1.82) is 0 Å². The molecule has 10 heteroatoms. The predicted molar refractivity (Wildman–Crippen MR) is 121 cm³/mol. The predicted octanol–water partition coefficient (Wildman–Crippen LogP) is 4.91. The van der Waals surface area contributed by atoms with E-state index in [1.807, 2.05) is 41.3 Å². The van der Waals surface area contributed by atoms with E-state index in [1.54, 1.807) is 7.11 Å². The lowest BCUT2D eigenvalue weighted by molar-refractivity contribution is -0.274. The van der Waals surface area contributed by atoms with Crippen LogP contribution in [0.4, 0.5) is 24.7 Å². The van der Waals surface area contributed by atoms with Crippen LogP contribution in [0.3, 0.4) is 0 Å². The molecule has 178 valence electrons. The van der Waals surface area contributed by atoms with Gasteiger partial charge in [0.1, 0.15) is 11.5 Å². The van der Waals surface area contributed by atoms with E-state index >= 15 is 0 Å². The van der Waals surface area contributed by atoms with Crippen LogP contribution in [-0.4, -0.2) is 42.7 Å². The zero-order valence-corrected chi connectivity index (χ0v) is 18.4. The Morgan fingerprint density at radius 3 is 2.32 bits per heavy atom. The molecule has 1 N–H and O–H groups in total. The van der Waals surface area contributed by atoms with Gasteiger partial charge in [-0.15, -0.1) is 23.4 Å². The molecule has 1 atom stereocenters. The minimum atomic E-state index is -4.76. The molecular weight excluding hydrogens is 449 g/mol. The van der Waals surface area contributed by atoms with Gasteiger partial charge in [-0.1, -0.05) is 0 Å². The maximum Gasteiger partial charge on any atom is 0.573 e. The van der Waals surface area contributed by atoms with E-state index in [1.165, 1.54) is 12.1 Å². The Labute approximate surface area is 194 Å². The van der Waals surface area contributed by atoms with Gasteiger partial charge in [0.05, 0.1) is 18.7 Å². The molecule has 0 bridgehead atoms. The number of methoxy groups -OCH3 is 1. The molecule has 0 spiro atoms. The number of alkyl halides is 3. The van der Waals surface area contributed by atoms with Crippen LogP contribution in [0, 0.1) is 5.92 Å². The first-order chi connectivity index (χ1) is 16.3. The summed E-state index contributed by atoms with van der Waals surface area (Å²) in [5, 5.41) is 11.4. The molecule has 1 aliphatic rings. The number of hydrogen-bond donors (Lipinski definition) is 1. The fourth-order valence-electron chi connectivity index (χ4n) is 3.79. The van der Waals surface area contributed by atoms with E-state index in [2.05, 4.69) is 20.3 Å². The number of carbonyl (C=O) groups is 1. The second-order valence-electron chi connectivity index (χ2n) is 7.85. The third kappa shape index (κ3) is 5.94. The minimum absolute atomic E-state index is 0.197. The van der Waals surface area contributed by atoms with Crippen LogP contribution in [0.2, 0.25) is 0 Å². The standard InChI is InChI=1S/C24H23F3N4O3/c1-33-19-8-4-16(5-9-19)21-12-13-22(30-29-21)31-14-2-3-17(15-31)23(32)28-18-6-10-20(11-7-18)34-24(25,26)27/h4-13,17H,2-3,14-15H2,1H3,(H,28,32). The Hall–Kier alpha value is -3.82. The second-order valence-corrected chi connectivity index (χ2v) is 7.85. The molecule has 34 heavy (non-hydrogen) atoms. The smallest absolute Gasteiger partial charge is 0.497 e. The molecule has 0 saturated carbocycles. The summed E-state index contributed by atoms with van der Waals surface area (Å²) in [6.07, 6.45) is -3.25. The summed E-state index contributed by atoms with van der Waals surface area (Å²) in [5.74, 6) is 0.617. The van der Waals surface area contributed by atoms with Crippen LogP contribution in [0.5, 0.6) is 11.5 Å². The van der Waals surface area contributed by atoms with Crippen molar-refractivity contribution in [2.45, 2.75) is 19.2 Å². The number of aromatic nitrogens is 2. The number of nitrogens with one attached hydrogen (secondary N) is 1. The van der Waals surface area contributed by atoms with Gasteiger partial charge < -0.3 is 19.7 Å². The highest BCUT2D eigenvalue weighted by Gasteiger charge is 2.31. The van der Waals surface area contributed by atoms with Gasteiger partial charge in [0.2, 0.25) is 5.91 Å². The Bertz CT molecular complexity index is 1100. The summed E-state index contributed by atoms with van der Waals surface area (Å²) in [6.45, 7) is 1.22. The maximum atomic E-state index is 12.8. The summed E-state index contributed by atoms with van der Waals surface area (Å²) in [6, 6.07) is 16.4. The molecule has 2 aromatic carbocycles. The van der Waals surface area contributed by atoms with E-state index in [9.17, 15) is 18.0 Å². The Balaban J connectivity index is 1.36. The number of anilines is 2. The Morgan fingerprint density at radius 2 is 1.71 bits per heavy atom. The monoisotopic (exact) mass is 472 g/mol. The van der Waals surface area contributed by atoms with E-state index in [-0.39, 0.29) is 17.6 Å². The van der Waals surface area contributed by atoms with Gasteiger partial charge in [0.25, 0.3) is 0 Å². The number of halogens is 3. The quantitative estimate of drug-likeness (QED) is 0.550. The minimum Gasteiger partial charge on any atom is -0.497 e. The lowest BCUT2D eigenvalue weighted by Crippen LogP contribution is -2.41. The maximum absolute atomic E-state index is 12.8. The lowest BCUT2D eigenvalue weighted by Gasteiger charge is -2.32. The van der Waals surface area contributed by atoms with Crippen LogP contribution >= 0.6 is 0 Å². The molecular formula is C24H23F3N4O3. The van der Waals surface area contributed by atoms with Crippen molar-refractivity contribution in [3.05, 3.63) is 60.7 Å². The van der Waals surface area contributed by atoms with Gasteiger partial charge >= 0.3 is 6.36 Å². The van der Waals surface area contributed by atoms with Gasteiger partial charge in [0.15, 0.2) is 5.82 Å². The topological polar surface area (TPSA) is 76.6 Å². The second kappa shape index (κ2) is 9.98. The molecule has 3 aromatic rings. The van der Waals surface area contributed by atoms with E-state index in [0.717, 1.165) is 42.1 Å². The van der Waals surface area contributed by atoms with E-state index in [4.69, 9.17) is 4.74 Å². The van der Waals surface area contributed by atoms with Gasteiger partial charge in [-0.2, -0.15) is 0 Å². The van der Waals surface area contributed by atoms with Crippen LogP contribution in [-0.2, 0) is 4.79 Å². The molecule has 1 amide bonds. The molecule has 1 unspecified atom stereocenters. The van der Waals surface area contributed by atoms with Gasteiger partial charge in [-0.25, -0.2) is 0 Å². The summed E-state index contributed by atoms with van der Waals surface area (Å²) in [5.41, 5.74) is 2.05. The average Bonchev–Trinajstić information content (AvgIpc) is 2.84. The number of ether oxygens (including phenoxy) is 2. The largest absolute Gasteiger partial charge is 0.573 e. The van der Waals surface area contributed by atoms with Crippen molar-refractivity contribution in [2.24, 2.45) is 5.92 Å². The molecule has 4 rings (SSSR count). The third-order valence-corrected chi connectivity index (χ3v) is 5.51.